The summed E-state index contributed by atoms with van der Waals surface area (Å²) in [5.41, 5.74) is 4.29. The lowest BCUT2D eigenvalue weighted by atomic mass is 10.0. The Hall–Kier alpha value is -4.86. The van der Waals surface area contributed by atoms with Crippen molar-refractivity contribution in [2.24, 2.45) is 7.05 Å². The number of hydrogen-bond donors (Lipinski definition) is 2. The maximum absolute atomic E-state index is 13.6. The molecule has 2 aromatic carbocycles. The number of benzene rings is 2. The molecule has 2 N–H and O–H groups in total. The summed E-state index contributed by atoms with van der Waals surface area (Å²) in [6.07, 6.45) is 7.64. The number of nitrogens with one attached hydrogen (secondary N) is 2. The van der Waals surface area contributed by atoms with E-state index in [0.717, 1.165) is 29.0 Å². The molecule has 0 bridgehead atoms. The van der Waals surface area contributed by atoms with Crippen LogP contribution in [0.3, 0.4) is 0 Å². The van der Waals surface area contributed by atoms with Crippen molar-refractivity contribution in [1.29, 1.82) is 0 Å². The van der Waals surface area contributed by atoms with Crippen LogP contribution in [0.5, 0.6) is 0 Å². The number of H-pyrrole nitrogens is 1. The summed E-state index contributed by atoms with van der Waals surface area (Å²) in [7, 11) is 1.65. The number of hydrogen-bond acceptors (Lipinski definition) is 4. The molecule has 0 radical (unpaired) electrons. The highest BCUT2D eigenvalue weighted by molar-refractivity contribution is 6.34. The predicted octanol–water partition coefficient (Wildman–Crippen LogP) is 5.02. The zero-order valence-electron chi connectivity index (χ0n) is 22.2. The Kier molecular flexibility index (Phi) is 7.17. The molecule has 0 unspecified atom stereocenters. The van der Waals surface area contributed by atoms with E-state index < -0.39 is 17.2 Å². The van der Waals surface area contributed by atoms with Crippen LogP contribution in [0.4, 0.5) is 14.5 Å². The second-order valence-corrected chi connectivity index (χ2v) is 9.73. The number of ketones is 1. The Labute approximate surface area is 228 Å². The Bertz CT molecular complexity index is 1770. The van der Waals surface area contributed by atoms with Crippen molar-refractivity contribution in [3.63, 3.8) is 0 Å². The van der Waals surface area contributed by atoms with E-state index in [1.165, 1.54) is 10.7 Å². The van der Waals surface area contributed by atoms with Gasteiger partial charge >= 0.3 is 0 Å². The van der Waals surface area contributed by atoms with E-state index in [-0.39, 0.29) is 30.2 Å². The van der Waals surface area contributed by atoms with Gasteiger partial charge in [0.25, 0.3) is 11.5 Å². The summed E-state index contributed by atoms with van der Waals surface area (Å²) < 4.78 is 29.8. The lowest BCUT2D eigenvalue weighted by molar-refractivity contribution is -0.110. The Balaban J connectivity index is 1.25. The van der Waals surface area contributed by atoms with E-state index in [2.05, 4.69) is 15.3 Å². The fraction of sp³-hybridized carbons (Fsp3) is 0.200. The van der Waals surface area contributed by atoms with Gasteiger partial charge in [-0.15, -0.1) is 0 Å². The van der Waals surface area contributed by atoms with Gasteiger partial charge in [0.1, 0.15) is 11.4 Å². The molecule has 0 spiro atoms. The van der Waals surface area contributed by atoms with Crippen LogP contribution >= 0.6 is 0 Å². The minimum Gasteiger partial charge on any atom is -0.343 e. The highest BCUT2D eigenvalue weighted by Crippen LogP contribution is 2.33. The third kappa shape index (κ3) is 5.20. The van der Waals surface area contributed by atoms with Crippen LogP contribution in [-0.2, 0) is 18.4 Å². The molecule has 40 heavy (non-hydrogen) atoms. The molecule has 0 saturated heterocycles. The highest BCUT2D eigenvalue weighted by Gasteiger charge is 2.24. The number of fused-ring (bicyclic) bond motifs is 1. The zero-order valence-corrected chi connectivity index (χ0v) is 22.2. The molecule has 0 atom stereocenters. The van der Waals surface area contributed by atoms with Crippen LogP contribution in [0.25, 0.3) is 17.7 Å². The molecule has 204 valence electrons. The molecule has 1 amide bonds. The summed E-state index contributed by atoms with van der Waals surface area (Å²) in [5.74, 6) is -1.85. The van der Waals surface area contributed by atoms with Crippen LogP contribution in [0, 0.1) is 25.5 Å². The van der Waals surface area contributed by atoms with E-state index in [4.69, 9.17) is 0 Å². The van der Waals surface area contributed by atoms with Gasteiger partial charge in [0.15, 0.2) is 17.4 Å². The van der Waals surface area contributed by atoms with Gasteiger partial charge in [0.2, 0.25) is 0 Å². The number of rotatable bonds is 8. The van der Waals surface area contributed by atoms with E-state index in [0.29, 0.717) is 34.8 Å². The van der Waals surface area contributed by atoms with Crippen LogP contribution in [-0.4, -0.2) is 31.0 Å². The lowest BCUT2D eigenvalue weighted by Crippen LogP contribution is -2.25. The molecule has 8 nitrogen and oxygen atoms in total. The standard InChI is InChI=1S/C30H27F2N5O3/c1-17-15-33-27(34-17)14-22-21-10-8-19(13-25(21)35-29(22)39)6-4-5-7-26(38)28-18(2)36(3)37(30(28)40)16-20-9-11-23(31)24(32)12-20/h4,6,8-15H,5,7,16H2,1-3H3,(H,33,34)(H,35,39)/b6-4+,22-14-. The number of amides is 1. The largest absolute Gasteiger partial charge is 0.343 e. The number of aryl methyl sites for hydroxylation is 1. The van der Waals surface area contributed by atoms with Gasteiger partial charge in [-0.25, -0.2) is 18.4 Å². The first-order valence-electron chi connectivity index (χ1n) is 12.7. The van der Waals surface area contributed by atoms with Crippen molar-refractivity contribution in [3.8, 4) is 0 Å². The molecule has 1 aliphatic rings. The molecule has 0 fully saturated rings. The summed E-state index contributed by atoms with van der Waals surface area (Å²) in [5, 5.41) is 2.87. The number of carbonyl (C=O) groups is 2. The van der Waals surface area contributed by atoms with Crippen LogP contribution in [0.2, 0.25) is 0 Å². The fourth-order valence-corrected chi connectivity index (χ4v) is 4.73. The zero-order chi connectivity index (χ0) is 28.6. The fourth-order valence-electron chi connectivity index (χ4n) is 4.73. The first-order valence-corrected chi connectivity index (χ1v) is 12.7. The number of allylic oxidation sites excluding steroid dienone is 1. The van der Waals surface area contributed by atoms with Crippen molar-refractivity contribution in [3.05, 3.63) is 110 Å². The van der Waals surface area contributed by atoms with E-state index >= 15 is 0 Å². The number of anilines is 1. The molecule has 4 aromatic rings. The number of aromatic nitrogens is 4. The summed E-state index contributed by atoms with van der Waals surface area (Å²) >= 11 is 0. The summed E-state index contributed by atoms with van der Waals surface area (Å²) in [4.78, 5) is 45.8. The van der Waals surface area contributed by atoms with Crippen molar-refractivity contribution in [2.45, 2.75) is 33.2 Å². The molecule has 10 heteroatoms. The summed E-state index contributed by atoms with van der Waals surface area (Å²) in [6, 6.07) is 9.06. The first-order chi connectivity index (χ1) is 19.1. The van der Waals surface area contributed by atoms with E-state index in [1.54, 1.807) is 30.9 Å². The van der Waals surface area contributed by atoms with Crippen molar-refractivity contribution in [1.82, 2.24) is 19.3 Å². The van der Waals surface area contributed by atoms with Crippen LogP contribution in [0.15, 0.2) is 53.5 Å². The quantitative estimate of drug-likeness (QED) is 0.241. The number of aromatic amines is 1. The molecule has 0 saturated carbocycles. The van der Waals surface area contributed by atoms with Crippen LogP contribution in [0.1, 0.15) is 57.1 Å². The molecular formula is C30H27F2N5O3. The molecule has 0 aliphatic carbocycles. The number of Topliss-reactive ketones (excluding diaryl/α,β-unsaturated/α-hetero) is 1. The third-order valence-electron chi connectivity index (χ3n) is 6.93. The SMILES string of the molecule is Cc1cnc(/C=C2\C(=O)Nc3cc(/C=C/CCC(=O)c4c(C)n(C)n(Cc5ccc(F)c(F)c5)c4=O)ccc32)[nH]1. The second-order valence-electron chi connectivity index (χ2n) is 9.73. The Morgan fingerprint density at radius 1 is 1.07 bits per heavy atom. The van der Waals surface area contributed by atoms with E-state index in [9.17, 15) is 23.2 Å². The molecule has 1 aliphatic heterocycles. The van der Waals surface area contributed by atoms with Gasteiger partial charge in [-0.1, -0.05) is 30.4 Å². The van der Waals surface area contributed by atoms with E-state index in [1.807, 2.05) is 37.3 Å². The minimum absolute atomic E-state index is 0.00742. The number of carbonyl (C=O) groups excluding carboxylic acids is 2. The monoisotopic (exact) mass is 543 g/mol. The van der Waals surface area contributed by atoms with Gasteiger partial charge in [-0.05, 0) is 55.7 Å². The highest BCUT2D eigenvalue weighted by atomic mass is 19.2. The number of imidazole rings is 1. The second kappa shape index (κ2) is 10.7. The average Bonchev–Trinajstić information content (AvgIpc) is 3.53. The van der Waals surface area contributed by atoms with Crippen molar-refractivity contribution < 1.29 is 18.4 Å². The first kappa shape index (κ1) is 26.7. The topological polar surface area (TPSA) is 102 Å². The van der Waals surface area contributed by atoms with Gasteiger partial charge in [0, 0.05) is 42.3 Å². The predicted molar refractivity (Wildman–Crippen MR) is 149 cm³/mol. The van der Waals surface area contributed by atoms with Crippen molar-refractivity contribution in [2.75, 3.05) is 5.32 Å². The number of nitrogens with zero attached hydrogens (tertiary/aromatic N) is 3. The smallest absolute Gasteiger partial charge is 0.278 e. The third-order valence-corrected chi connectivity index (χ3v) is 6.93. The maximum atomic E-state index is 13.6. The Morgan fingerprint density at radius 2 is 1.88 bits per heavy atom. The molecule has 3 heterocycles. The Morgan fingerprint density at radius 3 is 2.60 bits per heavy atom. The maximum Gasteiger partial charge on any atom is 0.278 e. The van der Waals surface area contributed by atoms with Gasteiger partial charge in [-0.2, -0.15) is 0 Å². The van der Waals surface area contributed by atoms with Crippen molar-refractivity contribution >= 4 is 35.1 Å². The average molecular weight is 544 g/mol. The normalized spacial score (nSPS) is 13.8. The summed E-state index contributed by atoms with van der Waals surface area (Å²) in [6.45, 7) is 3.58. The van der Waals surface area contributed by atoms with Gasteiger partial charge < -0.3 is 10.3 Å². The molecular weight excluding hydrogens is 516 g/mol. The van der Waals surface area contributed by atoms with Gasteiger partial charge in [0.05, 0.1) is 12.1 Å². The molecule has 2 aromatic heterocycles. The minimum atomic E-state index is -0.994. The van der Waals surface area contributed by atoms with Crippen LogP contribution < -0.4 is 10.9 Å². The molecule has 5 rings (SSSR count). The van der Waals surface area contributed by atoms with Gasteiger partial charge in [-0.3, -0.25) is 19.1 Å². The lowest BCUT2D eigenvalue weighted by Gasteiger charge is -2.08. The number of halogens is 2.